The molecule has 1 rings (SSSR count). The van der Waals surface area contributed by atoms with Gasteiger partial charge in [0.15, 0.2) is 0 Å². The standard InChI is InChI=1S/C13H20ClN/c1-4-5-6-11-7-8-13(15(2)3)12(9-11)10-14/h7-9H,4-6,10H2,1-3H3. The first kappa shape index (κ1) is 12.4. The molecule has 0 aliphatic rings. The van der Waals surface area contributed by atoms with Gasteiger partial charge in [-0.2, -0.15) is 0 Å². The van der Waals surface area contributed by atoms with Gasteiger partial charge in [-0.1, -0.05) is 25.5 Å². The predicted molar refractivity (Wildman–Crippen MR) is 68.9 cm³/mol. The van der Waals surface area contributed by atoms with Crippen molar-refractivity contribution in [3.8, 4) is 0 Å². The van der Waals surface area contributed by atoms with Crippen LogP contribution in [0.5, 0.6) is 0 Å². The van der Waals surface area contributed by atoms with Crippen LogP contribution >= 0.6 is 11.6 Å². The summed E-state index contributed by atoms with van der Waals surface area (Å²) < 4.78 is 0. The summed E-state index contributed by atoms with van der Waals surface area (Å²) in [4.78, 5) is 2.11. The number of unbranched alkanes of at least 4 members (excludes halogenated alkanes) is 1. The van der Waals surface area contributed by atoms with Crippen molar-refractivity contribution in [3.63, 3.8) is 0 Å². The molecule has 0 N–H and O–H groups in total. The van der Waals surface area contributed by atoms with E-state index in [-0.39, 0.29) is 0 Å². The van der Waals surface area contributed by atoms with E-state index < -0.39 is 0 Å². The van der Waals surface area contributed by atoms with Crippen molar-refractivity contribution in [1.29, 1.82) is 0 Å². The Balaban J connectivity index is 2.87. The molecule has 0 saturated carbocycles. The maximum atomic E-state index is 5.96. The average Bonchev–Trinajstić information content (AvgIpc) is 2.25. The van der Waals surface area contributed by atoms with Crippen molar-refractivity contribution >= 4 is 17.3 Å². The lowest BCUT2D eigenvalue weighted by Crippen LogP contribution is -2.11. The molecule has 2 heteroatoms. The van der Waals surface area contributed by atoms with Crippen LogP contribution in [-0.4, -0.2) is 14.1 Å². The van der Waals surface area contributed by atoms with Crippen molar-refractivity contribution < 1.29 is 0 Å². The summed E-state index contributed by atoms with van der Waals surface area (Å²) in [5.74, 6) is 0.591. The third-order valence-corrected chi connectivity index (χ3v) is 2.88. The summed E-state index contributed by atoms with van der Waals surface area (Å²) in [6.45, 7) is 2.22. The first-order valence-electron chi connectivity index (χ1n) is 5.54. The van der Waals surface area contributed by atoms with Gasteiger partial charge in [0.1, 0.15) is 0 Å². The number of benzene rings is 1. The van der Waals surface area contributed by atoms with Gasteiger partial charge in [0.25, 0.3) is 0 Å². The minimum Gasteiger partial charge on any atom is -0.377 e. The van der Waals surface area contributed by atoms with Crippen LogP contribution in [-0.2, 0) is 12.3 Å². The highest BCUT2D eigenvalue weighted by Crippen LogP contribution is 2.22. The monoisotopic (exact) mass is 225 g/mol. The normalized spacial score (nSPS) is 10.4. The number of hydrogen-bond acceptors (Lipinski definition) is 1. The lowest BCUT2D eigenvalue weighted by Gasteiger charge is -2.17. The fourth-order valence-corrected chi connectivity index (χ4v) is 1.93. The third kappa shape index (κ3) is 3.42. The Morgan fingerprint density at radius 1 is 1.27 bits per heavy atom. The second-order valence-electron chi connectivity index (χ2n) is 4.09. The highest BCUT2D eigenvalue weighted by atomic mass is 35.5. The summed E-state index contributed by atoms with van der Waals surface area (Å²) in [7, 11) is 4.11. The fourth-order valence-electron chi connectivity index (χ4n) is 1.72. The molecule has 0 aliphatic heterocycles. The number of nitrogens with zero attached hydrogens (tertiary/aromatic N) is 1. The van der Waals surface area contributed by atoms with Gasteiger partial charge in [-0.3, -0.25) is 0 Å². The lowest BCUT2D eigenvalue weighted by atomic mass is 10.0. The van der Waals surface area contributed by atoms with Crippen molar-refractivity contribution in [2.24, 2.45) is 0 Å². The van der Waals surface area contributed by atoms with E-state index in [1.807, 2.05) is 0 Å². The number of alkyl halides is 1. The highest BCUT2D eigenvalue weighted by molar-refractivity contribution is 6.17. The van der Waals surface area contributed by atoms with Gasteiger partial charge in [0.05, 0.1) is 0 Å². The van der Waals surface area contributed by atoms with Gasteiger partial charge >= 0.3 is 0 Å². The van der Waals surface area contributed by atoms with Crippen LogP contribution in [0.1, 0.15) is 30.9 Å². The van der Waals surface area contributed by atoms with Crippen LogP contribution in [0, 0.1) is 0 Å². The molecule has 1 nitrogen and oxygen atoms in total. The second kappa shape index (κ2) is 6.02. The van der Waals surface area contributed by atoms with Crippen molar-refractivity contribution in [1.82, 2.24) is 0 Å². The SMILES string of the molecule is CCCCc1ccc(N(C)C)c(CCl)c1. The molecule has 0 aromatic heterocycles. The Morgan fingerprint density at radius 2 is 2.00 bits per heavy atom. The van der Waals surface area contributed by atoms with Gasteiger partial charge in [0, 0.05) is 25.7 Å². The fraction of sp³-hybridized carbons (Fsp3) is 0.538. The Bertz CT molecular complexity index is 307. The van der Waals surface area contributed by atoms with E-state index in [9.17, 15) is 0 Å². The minimum absolute atomic E-state index is 0.591. The van der Waals surface area contributed by atoms with Gasteiger partial charge in [-0.05, 0) is 30.0 Å². The molecular weight excluding hydrogens is 206 g/mol. The average molecular weight is 226 g/mol. The molecule has 0 unspecified atom stereocenters. The molecule has 0 bridgehead atoms. The molecule has 0 fully saturated rings. The molecule has 0 radical (unpaired) electrons. The first-order chi connectivity index (χ1) is 7.19. The third-order valence-electron chi connectivity index (χ3n) is 2.59. The van der Waals surface area contributed by atoms with Gasteiger partial charge in [-0.15, -0.1) is 11.6 Å². The molecule has 0 aliphatic carbocycles. The van der Waals surface area contributed by atoms with Gasteiger partial charge in [0.2, 0.25) is 0 Å². The molecule has 0 heterocycles. The Hall–Kier alpha value is -0.690. The van der Waals surface area contributed by atoms with E-state index in [4.69, 9.17) is 11.6 Å². The second-order valence-corrected chi connectivity index (χ2v) is 4.36. The van der Waals surface area contributed by atoms with Gasteiger partial charge < -0.3 is 4.90 Å². The van der Waals surface area contributed by atoms with Crippen LogP contribution in [0.15, 0.2) is 18.2 Å². The summed E-state index contributed by atoms with van der Waals surface area (Å²) in [6.07, 6.45) is 3.66. The van der Waals surface area contributed by atoms with E-state index in [0.717, 1.165) is 6.42 Å². The smallest absolute Gasteiger partial charge is 0.0494 e. The Labute approximate surface area is 98.0 Å². The maximum absolute atomic E-state index is 5.96. The lowest BCUT2D eigenvalue weighted by molar-refractivity contribution is 0.794. The van der Waals surface area contributed by atoms with Crippen molar-refractivity contribution in [2.45, 2.75) is 32.1 Å². The minimum atomic E-state index is 0.591. The summed E-state index contributed by atoms with van der Waals surface area (Å²) in [5.41, 5.74) is 3.86. The van der Waals surface area contributed by atoms with Crippen LogP contribution in [0.4, 0.5) is 5.69 Å². The molecule has 0 amide bonds. The Kier molecular flexibility index (Phi) is 4.97. The molecule has 0 spiro atoms. The Morgan fingerprint density at radius 3 is 2.53 bits per heavy atom. The summed E-state index contributed by atoms with van der Waals surface area (Å²) in [6, 6.07) is 6.61. The largest absolute Gasteiger partial charge is 0.377 e. The molecule has 1 aromatic rings. The summed E-state index contributed by atoms with van der Waals surface area (Å²) >= 11 is 5.96. The molecule has 1 aromatic carbocycles. The van der Waals surface area contributed by atoms with Crippen LogP contribution in [0.3, 0.4) is 0 Å². The zero-order chi connectivity index (χ0) is 11.3. The number of rotatable bonds is 5. The molecule has 15 heavy (non-hydrogen) atoms. The topological polar surface area (TPSA) is 3.24 Å². The van der Waals surface area contributed by atoms with Crippen LogP contribution in [0.2, 0.25) is 0 Å². The predicted octanol–water partition coefficient (Wildman–Crippen LogP) is 3.83. The molecule has 0 atom stereocenters. The maximum Gasteiger partial charge on any atom is 0.0494 e. The van der Waals surface area contributed by atoms with E-state index in [2.05, 4.69) is 44.1 Å². The van der Waals surface area contributed by atoms with E-state index in [1.54, 1.807) is 0 Å². The van der Waals surface area contributed by atoms with E-state index in [0.29, 0.717) is 5.88 Å². The number of aryl methyl sites for hydroxylation is 1. The van der Waals surface area contributed by atoms with Crippen LogP contribution < -0.4 is 4.90 Å². The molecular formula is C13H20ClN. The molecule has 0 saturated heterocycles. The van der Waals surface area contributed by atoms with Crippen molar-refractivity contribution in [2.75, 3.05) is 19.0 Å². The van der Waals surface area contributed by atoms with E-state index in [1.165, 1.54) is 29.7 Å². The zero-order valence-corrected chi connectivity index (χ0v) is 10.6. The van der Waals surface area contributed by atoms with Crippen molar-refractivity contribution in [3.05, 3.63) is 29.3 Å². The zero-order valence-electron chi connectivity index (χ0n) is 9.89. The van der Waals surface area contributed by atoms with Gasteiger partial charge in [-0.25, -0.2) is 0 Å². The number of anilines is 1. The number of hydrogen-bond donors (Lipinski definition) is 0. The first-order valence-corrected chi connectivity index (χ1v) is 6.07. The van der Waals surface area contributed by atoms with E-state index >= 15 is 0 Å². The summed E-state index contributed by atoms with van der Waals surface area (Å²) in [5, 5.41) is 0. The highest BCUT2D eigenvalue weighted by Gasteiger charge is 2.04. The van der Waals surface area contributed by atoms with Crippen LogP contribution in [0.25, 0.3) is 0 Å². The number of halogens is 1. The molecule has 84 valence electrons. The quantitative estimate of drug-likeness (QED) is 0.689.